The Morgan fingerprint density at radius 3 is 2.59 bits per heavy atom. The van der Waals surface area contributed by atoms with Gasteiger partial charge >= 0.3 is 0 Å². The number of carbonyl (C=O) groups is 1. The average molecular weight is 520 g/mol. The summed E-state index contributed by atoms with van der Waals surface area (Å²) in [7, 11) is 0. The molecule has 3 aromatic rings. The van der Waals surface area contributed by atoms with Crippen molar-refractivity contribution in [3.8, 4) is 0 Å². The zero-order chi connectivity index (χ0) is 23.2. The maximum absolute atomic E-state index is 12.5. The van der Waals surface area contributed by atoms with Crippen LogP contribution in [0.1, 0.15) is 54.4 Å². The fourth-order valence-corrected chi connectivity index (χ4v) is 5.12. The molecular formula is C28H33Cl3N2O. The molecule has 0 unspecified atom stereocenters. The monoisotopic (exact) mass is 518 g/mol. The molecule has 1 aliphatic rings. The van der Waals surface area contributed by atoms with Crippen molar-refractivity contribution in [3.05, 3.63) is 81.8 Å². The van der Waals surface area contributed by atoms with Gasteiger partial charge in [-0.15, -0.1) is 12.4 Å². The van der Waals surface area contributed by atoms with E-state index in [-0.39, 0.29) is 18.3 Å². The molecular weight excluding hydrogens is 487 g/mol. The first-order valence-corrected chi connectivity index (χ1v) is 12.8. The van der Waals surface area contributed by atoms with Crippen LogP contribution in [0.25, 0.3) is 10.8 Å². The van der Waals surface area contributed by atoms with Gasteiger partial charge in [0.25, 0.3) is 5.91 Å². The van der Waals surface area contributed by atoms with E-state index < -0.39 is 0 Å². The number of hydrogen-bond donors (Lipinski definition) is 1. The van der Waals surface area contributed by atoms with Crippen LogP contribution < -0.4 is 5.32 Å². The molecule has 3 nitrogen and oxygen atoms in total. The van der Waals surface area contributed by atoms with Crippen LogP contribution >= 0.6 is 35.6 Å². The van der Waals surface area contributed by atoms with Gasteiger partial charge < -0.3 is 10.2 Å². The minimum Gasteiger partial charge on any atom is -0.352 e. The van der Waals surface area contributed by atoms with Crippen molar-refractivity contribution in [2.75, 3.05) is 26.2 Å². The summed E-state index contributed by atoms with van der Waals surface area (Å²) in [6.45, 7) is 6.21. The summed E-state index contributed by atoms with van der Waals surface area (Å²) in [6, 6.07) is 20.0. The van der Waals surface area contributed by atoms with Crippen molar-refractivity contribution >= 4 is 52.3 Å². The van der Waals surface area contributed by atoms with Gasteiger partial charge in [-0.05, 0) is 85.1 Å². The summed E-state index contributed by atoms with van der Waals surface area (Å²) in [5.41, 5.74) is 1.92. The van der Waals surface area contributed by atoms with E-state index in [0.717, 1.165) is 60.3 Å². The Kier molecular flexibility index (Phi) is 10.1. The first kappa shape index (κ1) is 26.8. The second-order valence-electron chi connectivity index (χ2n) is 9.07. The van der Waals surface area contributed by atoms with Crippen LogP contribution in [0.4, 0.5) is 0 Å². The number of fused-ring (bicyclic) bond motifs is 1. The largest absolute Gasteiger partial charge is 0.352 e. The van der Waals surface area contributed by atoms with Crippen LogP contribution in [0.2, 0.25) is 10.0 Å². The molecule has 1 N–H and O–H groups in total. The quantitative estimate of drug-likeness (QED) is 0.265. The second-order valence-corrected chi connectivity index (χ2v) is 9.86. The van der Waals surface area contributed by atoms with Gasteiger partial charge in [0.2, 0.25) is 0 Å². The molecule has 6 heteroatoms. The highest BCUT2D eigenvalue weighted by molar-refractivity contribution is 6.42. The van der Waals surface area contributed by atoms with E-state index in [1.807, 2.05) is 48.5 Å². The molecule has 0 aromatic heterocycles. The highest BCUT2D eigenvalue weighted by Gasteiger charge is 2.40. The standard InChI is InChI=1S/C28H32Cl2N2O.ClH/c1-2-15-32(19-23-18-25(23)24-10-7-11-26(29)27(24)30)16-6-5-14-31-28(33)22-13-12-20-8-3-4-9-21(20)17-22;/h3-4,7-13,17,23,25H,2,5-6,14-16,18-19H2,1H3,(H,31,33);1H/t23-,25+;/m1./s1. The van der Waals surface area contributed by atoms with Crippen molar-refractivity contribution in [3.63, 3.8) is 0 Å². The Bertz CT molecular complexity index is 1100. The van der Waals surface area contributed by atoms with Gasteiger partial charge in [-0.2, -0.15) is 0 Å². The lowest BCUT2D eigenvalue weighted by Gasteiger charge is -2.22. The minimum absolute atomic E-state index is 0. The van der Waals surface area contributed by atoms with Crippen LogP contribution in [0, 0.1) is 5.92 Å². The number of nitrogens with zero attached hydrogens (tertiary/aromatic N) is 1. The lowest BCUT2D eigenvalue weighted by molar-refractivity contribution is 0.0952. The summed E-state index contributed by atoms with van der Waals surface area (Å²) < 4.78 is 0. The molecule has 1 saturated carbocycles. The molecule has 1 fully saturated rings. The third-order valence-electron chi connectivity index (χ3n) is 6.53. The third-order valence-corrected chi connectivity index (χ3v) is 7.37. The number of unbranched alkanes of at least 4 members (excludes halogenated alkanes) is 1. The van der Waals surface area contributed by atoms with Gasteiger partial charge in [-0.1, -0.05) is 72.6 Å². The van der Waals surface area contributed by atoms with Gasteiger partial charge in [0.1, 0.15) is 0 Å². The third kappa shape index (κ3) is 6.88. The fourth-order valence-electron chi connectivity index (χ4n) is 4.67. The smallest absolute Gasteiger partial charge is 0.251 e. The Balaban J connectivity index is 0.00000324. The van der Waals surface area contributed by atoms with Crippen molar-refractivity contribution in [2.24, 2.45) is 5.92 Å². The van der Waals surface area contributed by atoms with Gasteiger partial charge in [0, 0.05) is 18.7 Å². The predicted molar refractivity (Wildman–Crippen MR) is 147 cm³/mol. The SMILES string of the molecule is CCCN(CCCCNC(=O)c1ccc2ccccc2c1)C[C@H]1C[C@@H]1c1cccc(Cl)c1Cl.Cl. The molecule has 2 atom stereocenters. The van der Waals surface area contributed by atoms with Crippen LogP contribution in [0.5, 0.6) is 0 Å². The zero-order valence-corrected chi connectivity index (χ0v) is 21.9. The highest BCUT2D eigenvalue weighted by Crippen LogP contribution is 2.50. The molecule has 4 rings (SSSR count). The Hall–Kier alpha value is -1.78. The van der Waals surface area contributed by atoms with Gasteiger partial charge in [0.15, 0.2) is 0 Å². The van der Waals surface area contributed by atoms with E-state index in [1.54, 1.807) is 0 Å². The molecule has 0 spiro atoms. The topological polar surface area (TPSA) is 32.3 Å². The number of nitrogens with one attached hydrogen (secondary N) is 1. The maximum atomic E-state index is 12.5. The number of benzene rings is 3. The molecule has 182 valence electrons. The lowest BCUT2D eigenvalue weighted by Crippen LogP contribution is -2.29. The first-order valence-electron chi connectivity index (χ1n) is 12.0. The lowest BCUT2D eigenvalue weighted by atomic mass is 10.1. The van der Waals surface area contributed by atoms with Crippen molar-refractivity contribution in [1.82, 2.24) is 10.2 Å². The number of rotatable bonds is 11. The molecule has 0 aliphatic heterocycles. The van der Waals surface area contributed by atoms with Crippen molar-refractivity contribution < 1.29 is 4.79 Å². The van der Waals surface area contributed by atoms with Crippen LogP contribution in [0.15, 0.2) is 60.7 Å². The van der Waals surface area contributed by atoms with Gasteiger partial charge in [-0.25, -0.2) is 0 Å². The molecule has 34 heavy (non-hydrogen) atoms. The molecule has 1 aliphatic carbocycles. The molecule has 1 amide bonds. The number of halogens is 3. The Morgan fingerprint density at radius 1 is 1.00 bits per heavy atom. The fraction of sp³-hybridized carbons (Fsp3) is 0.393. The molecule has 0 bridgehead atoms. The molecule has 0 saturated heterocycles. The number of hydrogen-bond acceptors (Lipinski definition) is 2. The summed E-state index contributed by atoms with van der Waals surface area (Å²) in [4.78, 5) is 15.1. The Morgan fingerprint density at radius 2 is 1.79 bits per heavy atom. The molecule has 0 radical (unpaired) electrons. The van der Waals surface area contributed by atoms with E-state index in [4.69, 9.17) is 23.2 Å². The number of amides is 1. The Labute approximate surface area is 219 Å². The van der Waals surface area contributed by atoms with E-state index in [1.165, 1.54) is 12.0 Å². The average Bonchev–Trinajstić information content (AvgIpc) is 3.59. The summed E-state index contributed by atoms with van der Waals surface area (Å²) in [5.74, 6) is 1.18. The van der Waals surface area contributed by atoms with Gasteiger partial charge in [0.05, 0.1) is 10.0 Å². The van der Waals surface area contributed by atoms with Crippen molar-refractivity contribution in [1.29, 1.82) is 0 Å². The van der Waals surface area contributed by atoms with E-state index in [9.17, 15) is 4.79 Å². The van der Waals surface area contributed by atoms with Gasteiger partial charge in [-0.3, -0.25) is 4.79 Å². The number of carbonyl (C=O) groups excluding carboxylic acids is 1. The van der Waals surface area contributed by atoms with Crippen LogP contribution in [-0.2, 0) is 0 Å². The van der Waals surface area contributed by atoms with E-state index in [2.05, 4.69) is 29.3 Å². The molecule has 0 heterocycles. The van der Waals surface area contributed by atoms with Crippen LogP contribution in [-0.4, -0.2) is 37.0 Å². The van der Waals surface area contributed by atoms with Crippen molar-refractivity contribution in [2.45, 2.75) is 38.5 Å². The first-order chi connectivity index (χ1) is 16.1. The predicted octanol–water partition coefficient (Wildman–Crippen LogP) is 7.59. The highest BCUT2D eigenvalue weighted by atomic mass is 35.5. The summed E-state index contributed by atoms with van der Waals surface area (Å²) >= 11 is 12.6. The second kappa shape index (κ2) is 12.8. The van der Waals surface area contributed by atoms with E-state index in [0.29, 0.717) is 23.4 Å². The summed E-state index contributed by atoms with van der Waals surface area (Å²) in [6.07, 6.45) is 4.39. The summed E-state index contributed by atoms with van der Waals surface area (Å²) in [5, 5.41) is 6.69. The molecule has 3 aromatic carbocycles. The normalized spacial score (nSPS) is 16.9. The van der Waals surface area contributed by atoms with E-state index >= 15 is 0 Å². The zero-order valence-electron chi connectivity index (χ0n) is 19.6. The van der Waals surface area contributed by atoms with Crippen LogP contribution in [0.3, 0.4) is 0 Å². The minimum atomic E-state index is 0. The maximum Gasteiger partial charge on any atom is 0.251 e.